The second kappa shape index (κ2) is 9.27. The van der Waals surface area contributed by atoms with Crippen molar-refractivity contribution in [1.29, 1.82) is 0 Å². The summed E-state index contributed by atoms with van der Waals surface area (Å²) >= 11 is 3.18. The standard InChI is InChI=1S/C23H25N3O2S2/c1-3-13-26-22(28)17-8-4-5-9-18(17)24-23(26)29-15-21(27)25-14-12-16(2)30-20-11-7-6-10-19(20)25/h4-11,16H,3,12-15H2,1-2H3. The Morgan fingerprint density at radius 2 is 1.97 bits per heavy atom. The van der Waals surface area contributed by atoms with Crippen LogP contribution in [-0.2, 0) is 11.3 Å². The van der Waals surface area contributed by atoms with E-state index in [0.29, 0.717) is 34.4 Å². The van der Waals surface area contributed by atoms with Crippen molar-refractivity contribution in [3.63, 3.8) is 0 Å². The lowest BCUT2D eigenvalue weighted by molar-refractivity contribution is -0.116. The van der Waals surface area contributed by atoms with Gasteiger partial charge in [0.1, 0.15) is 0 Å². The maximum Gasteiger partial charge on any atom is 0.262 e. The summed E-state index contributed by atoms with van der Waals surface area (Å²) in [4.78, 5) is 33.9. The van der Waals surface area contributed by atoms with Gasteiger partial charge in [0.05, 0.1) is 22.3 Å². The molecule has 0 radical (unpaired) electrons. The molecule has 1 unspecified atom stereocenters. The van der Waals surface area contributed by atoms with Gasteiger partial charge < -0.3 is 4.90 Å². The SMILES string of the molecule is CCCn1c(SCC(=O)N2CCC(C)Sc3ccccc32)nc2ccccc2c1=O. The molecule has 30 heavy (non-hydrogen) atoms. The van der Waals surface area contributed by atoms with Crippen LogP contribution in [0, 0.1) is 0 Å². The van der Waals surface area contributed by atoms with E-state index < -0.39 is 0 Å². The molecule has 4 rings (SSSR count). The lowest BCUT2D eigenvalue weighted by atomic mass is 10.2. The van der Waals surface area contributed by atoms with Crippen LogP contribution in [-0.4, -0.2) is 33.0 Å². The highest BCUT2D eigenvalue weighted by atomic mass is 32.2. The van der Waals surface area contributed by atoms with Crippen molar-refractivity contribution < 1.29 is 4.79 Å². The zero-order chi connectivity index (χ0) is 21.1. The highest BCUT2D eigenvalue weighted by Gasteiger charge is 2.24. The minimum atomic E-state index is -0.0391. The Morgan fingerprint density at radius 1 is 1.20 bits per heavy atom. The second-order valence-corrected chi connectivity index (χ2v) is 9.81. The van der Waals surface area contributed by atoms with Crippen LogP contribution in [0.2, 0.25) is 0 Å². The number of rotatable bonds is 5. The van der Waals surface area contributed by atoms with E-state index in [-0.39, 0.29) is 17.2 Å². The molecule has 0 fully saturated rings. The Morgan fingerprint density at radius 3 is 2.80 bits per heavy atom. The third-order valence-corrected chi connectivity index (χ3v) is 7.34. The fraction of sp³-hybridized carbons (Fsp3) is 0.348. The van der Waals surface area contributed by atoms with Crippen LogP contribution < -0.4 is 10.5 Å². The van der Waals surface area contributed by atoms with E-state index >= 15 is 0 Å². The van der Waals surface area contributed by atoms with E-state index in [1.807, 2.05) is 66.1 Å². The average molecular weight is 440 g/mol. The molecule has 2 heterocycles. The van der Waals surface area contributed by atoms with Gasteiger partial charge in [-0.2, -0.15) is 0 Å². The Hall–Kier alpha value is -2.25. The molecule has 1 aliphatic rings. The predicted octanol–water partition coefficient (Wildman–Crippen LogP) is 4.82. The lowest BCUT2D eigenvalue weighted by Gasteiger charge is -2.22. The van der Waals surface area contributed by atoms with E-state index in [0.717, 1.165) is 23.4 Å². The molecule has 2 aromatic carbocycles. The number of para-hydroxylation sites is 2. The molecule has 0 bridgehead atoms. The number of anilines is 1. The van der Waals surface area contributed by atoms with Crippen molar-refractivity contribution >= 4 is 46.0 Å². The molecule has 7 heteroatoms. The number of thioether (sulfide) groups is 2. The number of carbonyl (C=O) groups excluding carboxylic acids is 1. The number of amides is 1. The largest absolute Gasteiger partial charge is 0.311 e. The topological polar surface area (TPSA) is 55.2 Å². The Kier molecular flexibility index (Phi) is 6.49. The molecule has 0 aliphatic carbocycles. The summed E-state index contributed by atoms with van der Waals surface area (Å²) in [6.45, 7) is 5.53. The van der Waals surface area contributed by atoms with E-state index in [9.17, 15) is 9.59 Å². The molecule has 1 atom stereocenters. The van der Waals surface area contributed by atoms with E-state index in [1.54, 1.807) is 4.57 Å². The molecule has 1 aromatic heterocycles. The summed E-state index contributed by atoms with van der Waals surface area (Å²) in [5.41, 5.74) is 1.62. The summed E-state index contributed by atoms with van der Waals surface area (Å²) in [5.74, 6) is 0.301. The second-order valence-electron chi connectivity index (χ2n) is 7.39. The average Bonchev–Trinajstić information content (AvgIpc) is 2.92. The number of hydrogen-bond donors (Lipinski definition) is 0. The minimum absolute atomic E-state index is 0.0391. The summed E-state index contributed by atoms with van der Waals surface area (Å²) in [6, 6.07) is 15.5. The normalized spacial score (nSPS) is 16.3. The van der Waals surface area contributed by atoms with Crippen LogP contribution in [0.3, 0.4) is 0 Å². The van der Waals surface area contributed by atoms with Gasteiger partial charge in [0.25, 0.3) is 5.56 Å². The number of benzene rings is 2. The lowest BCUT2D eigenvalue weighted by Crippen LogP contribution is -2.34. The van der Waals surface area contributed by atoms with Gasteiger partial charge in [0, 0.05) is 23.2 Å². The summed E-state index contributed by atoms with van der Waals surface area (Å²) < 4.78 is 1.70. The number of carbonyl (C=O) groups is 1. The Balaban J connectivity index is 1.60. The monoisotopic (exact) mass is 439 g/mol. The van der Waals surface area contributed by atoms with Crippen molar-refractivity contribution in [2.24, 2.45) is 0 Å². The smallest absolute Gasteiger partial charge is 0.262 e. The highest BCUT2D eigenvalue weighted by molar-refractivity contribution is 8.00. The third-order valence-electron chi connectivity index (χ3n) is 5.14. The van der Waals surface area contributed by atoms with Crippen molar-refractivity contribution in [2.75, 3.05) is 17.2 Å². The van der Waals surface area contributed by atoms with Gasteiger partial charge in [-0.1, -0.05) is 49.9 Å². The van der Waals surface area contributed by atoms with Crippen molar-refractivity contribution in [3.05, 3.63) is 58.9 Å². The number of fused-ring (bicyclic) bond motifs is 2. The van der Waals surface area contributed by atoms with Gasteiger partial charge in [0.2, 0.25) is 5.91 Å². The molecule has 0 saturated carbocycles. The summed E-state index contributed by atoms with van der Waals surface area (Å²) in [5, 5.41) is 1.70. The van der Waals surface area contributed by atoms with Crippen LogP contribution in [0.5, 0.6) is 0 Å². The van der Waals surface area contributed by atoms with Gasteiger partial charge in [0.15, 0.2) is 5.16 Å². The van der Waals surface area contributed by atoms with E-state index in [4.69, 9.17) is 4.98 Å². The predicted molar refractivity (Wildman–Crippen MR) is 126 cm³/mol. The molecule has 156 valence electrons. The fourth-order valence-corrected chi connectivity index (χ4v) is 5.64. The molecular formula is C23H25N3O2S2. The van der Waals surface area contributed by atoms with Crippen molar-refractivity contribution in [1.82, 2.24) is 9.55 Å². The molecule has 1 aliphatic heterocycles. The van der Waals surface area contributed by atoms with Gasteiger partial charge in [-0.15, -0.1) is 11.8 Å². The van der Waals surface area contributed by atoms with Crippen molar-refractivity contribution in [2.45, 2.75) is 48.5 Å². The quantitative estimate of drug-likeness (QED) is 0.422. The molecular weight excluding hydrogens is 414 g/mol. The number of hydrogen-bond acceptors (Lipinski definition) is 5. The summed E-state index contributed by atoms with van der Waals surface area (Å²) in [6.07, 6.45) is 1.78. The highest BCUT2D eigenvalue weighted by Crippen LogP contribution is 2.37. The third kappa shape index (κ3) is 4.27. The van der Waals surface area contributed by atoms with Crippen LogP contribution in [0.1, 0.15) is 26.7 Å². The number of nitrogens with zero attached hydrogens (tertiary/aromatic N) is 3. The van der Waals surface area contributed by atoms with E-state index in [1.165, 1.54) is 11.8 Å². The fourth-order valence-electron chi connectivity index (χ4n) is 3.63. The Labute approximate surface area is 184 Å². The zero-order valence-electron chi connectivity index (χ0n) is 17.2. The molecule has 0 spiro atoms. The Bertz CT molecular complexity index is 1130. The van der Waals surface area contributed by atoms with Gasteiger partial charge >= 0.3 is 0 Å². The minimum Gasteiger partial charge on any atom is -0.311 e. The van der Waals surface area contributed by atoms with Crippen LogP contribution in [0.25, 0.3) is 10.9 Å². The van der Waals surface area contributed by atoms with E-state index in [2.05, 4.69) is 13.0 Å². The number of aromatic nitrogens is 2. The molecule has 5 nitrogen and oxygen atoms in total. The maximum absolute atomic E-state index is 13.2. The maximum atomic E-state index is 13.2. The first-order valence-corrected chi connectivity index (χ1v) is 12.1. The first-order chi connectivity index (χ1) is 14.6. The molecule has 3 aromatic rings. The van der Waals surface area contributed by atoms with Gasteiger partial charge in [-0.3, -0.25) is 14.2 Å². The van der Waals surface area contributed by atoms with Crippen LogP contribution in [0.4, 0.5) is 5.69 Å². The first kappa shape index (κ1) is 21.0. The van der Waals surface area contributed by atoms with Gasteiger partial charge in [-0.05, 0) is 37.1 Å². The van der Waals surface area contributed by atoms with Crippen LogP contribution >= 0.6 is 23.5 Å². The summed E-state index contributed by atoms with van der Waals surface area (Å²) in [7, 11) is 0. The first-order valence-electron chi connectivity index (χ1n) is 10.3. The van der Waals surface area contributed by atoms with Gasteiger partial charge in [-0.25, -0.2) is 4.98 Å². The molecule has 0 N–H and O–H groups in total. The molecule has 1 amide bonds. The zero-order valence-corrected chi connectivity index (χ0v) is 18.8. The molecule has 0 saturated heterocycles. The van der Waals surface area contributed by atoms with Crippen LogP contribution in [0.15, 0.2) is 63.4 Å². The van der Waals surface area contributed by atoms with Crippen molar-refractivity contribution in [3.8, 4) is 0 Å².